The van der Waals surface area contributed by atoms with Crippen molar-refractivity contribution in [2.24, 2.45) is 0 Å². The van der Waals surface area contributed by atoms with Gasteiger partial charge in [-0.1, -0.05) is 30.3 Å². The topological polar surface area (TPSA) is 67.2 Å². The molecule has 29 heavy (non-hydrogen) atoms. The Labute approximate surface area is 170 Å². The molecule has 2 aromatic carbocycles. The number of para-hydroxylation sites is 2. The van der Waals surface area contributed by atoms with E-state index in [1.165, 1.54) is 6.42 Å². The zero-order chi connectivity index (χ0) is 20.2. The number of likely N-dealkylation sites (tertiary alicyclic amines) is 1. The first-order valence-electron chi connectivity index (χ1n) is 10.2. The van der Waals surface area contributed by atoms with Crippen LogP contribution >= 0.6 is 0 Å². The first-order chi connectivity index (χ1) is 14.1. The van der Waals surface area contributed by atoms with Gasteiger partial charge in [-0.05, 0) is 50.5 Å². The average molecular weight is 390 g/mol. The molecule has 1 N–H and O–H groups in total. The van der Waals surface area contributed by atoms with Gasteiger partial charge in [0, 0.05) is 18.2 Å². The lowest BCUT2D eigenvalue weighted by atomic mass is 10.0. The van der Waals surface area contributed by atoms with Gasteiger partial charge in [-0.3, -0.25) is 9.59 Å². The highest BCUT2D eigenvalue weighted by molar-refractivity contribution is 5.94. The van der Waals surface area contributed by atoms with E-state index in [0.717, 1.165) is 30.4 Å². The van der Waals surface area contributed by atoms with Crippen molar-refractivity contribution in [3.63, 3.8) is 0 Å². The molecule has 6 heteroatoms. The maximum absolute atomic E-state index is 13.0. The van der Waals surface area contributed by atoms with E-state index in [1.807, 2.05) is 51.9 Å². The molecule has 3 aromatic rings. The molecule has 1 aliphatic rings. The maximum Gasteiger partial charge on any atom is 0.251 e. The van der Waals surface area contributed by atoms with Crippen LogP contribution in [0, 0.1) is 0 Å². The summed E-state index contributed by atoms with van der Waals surface area (Å²) in [4.78, 5) is 32.1. The number of hydrogen-bond donors (Lipinski definition) is 1. The molecule has 2 heterocycles. The summed E-state index contributed by atoms with van der Waals surface area (Å²) in [5, 5.41) is 2.93. The van der Waals surface area contributed by atoms with Crippen LogP contribution in [0.15, 0.2) is 54.6 Å². The Bertz CT molecular complexity index is 1010. The zero-order valence-corrected chi connectivity index (χ0v) is 16.7. The van der Waals surface area contributed by atoms with Gasteiger partial charge < -0.3 is 14.8 Å². The van der Waals surface area contributed by atoms with Gasteiger partial charge in [0.05, 0.1) is 17.6 Å². The van der Waals surface area contributed by atoms with E-state index < -0.39 is 0 Å². The largest absolute Gasteiger partial charge is 0.345 e. The number of rotatable bonds is 5. The lowest BCUT2D eigenvalue weighted by Crippen LogP contribution is -2.43. The third-order valence-corrected chi connectivity index (χ3v) is 5.59. The lowest BCUT2D eigenvalue weighted by Gasteiger charge is -2.33. The minimum absolute atomic E-state index is 0.107. The number of aromatic nitrogens is 2. The van der Waals surface area contributed by atoms with Crippen molar-refractivity contribution in [3.05, 3.63) is 66.0 Å². The minimum atomic E-state index is -0.153. The summed E-state index contributed by atoms with van der Waals surface area (Å²) < 4.78 is 1.93. The Morgan fingerprint density at radius 2 is 1.83 bits per heavy atom. The van der Waals surface area contributed by atoms with E-state index >= 15 is 0 Å². The van der Waals surface area contributed by atoms with Gasteiger partial charge in [0.2, 0.25) is 5.91 Å². The van der Waals surface area contributed by atoms with Crippen molar-refractivity contribution in [1.29, 1.82) is 0 Å². The number of carbonyl (C=O) groups is 2. The number of piperidine rings is 1. The van der Waals surface area contributed by atoms with E-state index in [9.17, 15) is 9.59 Å². The lowest BCUT2D eigenvalue weighted by molar-refractivity contribution is -0.135. The molecule has 0 aliphatic carbocycles. The van der Waals surface area contributed by atoms with Crippen molar-refractivity contribution < 1.29 is 9.59 Å². The average Bonchev–Trinajstić information content (AvgIpc) is 3.10. The third-order valence-electron chi connectivity index (χ3n) is 5.59. The summed E-state index contributed by atoms with van der Waals surface area (Å²) in [7, 11) is 0. The van der Waals surface area contributed by atoms with Crippen LogP contribution in [0.4, 0.5) is 0 Å². The number of fused-ring (bicyclic) bond motifs is 1. The van der Waals surface area contributed by atoms with E-state index in [4.69, 9.17) is 0 Å². The summed E-state index contributed by atoms with van der Waals surface area (Å²) in [6, 6.07) is 17.2. The predicted molar refractivity (Wildman–Crippen MR) is 112 cm³/mol. The Hall–Kier alpha value is -3.15. The van der Waals surface area contributed by atoms with Crippen molar-refractivity contribution in [2.45, 2.75) is 45.3 Å². The third kappa shape index (κ3) is 4.16. The van der Waals surface area contributed by atoms with Gasteiger partial charge >= 0.3 is 0 Å². The molecule has 0 bridgehead atoms. The first kappa shape index (κ1) is 19.2. The van der Waals surface area contributed by atoms with Crippen LogP contribution in [0.3, 0.4) is 0 Å². The van der Waals surface area contributed by atoms with Crippen LogP contribution in [0.2, 0.25) is 0 Å². The normalized spacial score (nSPS) is 16.7. The molecule has 0 spiro atoms. The van der Waals surface area contributed by atoms with Crippen molar-refractivity contribution in [1.82, 2.24) is 19.8 Å². The van der Waals surface area contributed by atoms with Gasteiger partial charge in [-0.2, -0.15) is 0 Å². The second kappa shape index (κ2) is 8.47. The molecular formula is C23H26N4O2. The number of carbonyl (C=O) groups excluding carboxylic acids is 2. The van der Waals surface area contributed by atoms with Gasteiger partial charge in [0.25, 0.3) is 5.91 Å². The Balaban J connectivity index is 1.56. The molecular weight excluding hydrogens is 364 g/mol. The Morgan fingerprint density at radius 3 is 2.62 bits per heavy atom. The molecule has 1 aliphatic heterocycles. The van der Waals surface area contributed by atoms with Crippen LogP contribution in [-0.2, 0) is 17.9 Å². The van der Waals surface area contributed by atoms with Crippen LogP contribution in [0.1, 0.15) is 42.4 Å². The van der Waals surface area contributed by atoms with E-state index in [1.54, 1.807) is 12.1 Å². The maximum atomic E-state index is 13.0. The molecule has 1 fully saturated rings. The molecule has 1 unspecified atom stereocenters. The number of nitrogens with one attached hydrogen (secondary N) is 1. The van der Waals surface area contributed by atoms with E-state index in [0.29, 0.717) is 11.4 Å². The quantitative estimate of drug-likeness (QED) is 0.726. The van der Waals surface area contributed by atoms with Gasteiger partial charge in [-0.25, -0.2) is 4.98 Å². The Morgan fingerprint density at radius 1 is 1.07 bits per heavy atom. The van der Waals surface area contributed by atoms with Crippen molar-refractivity contribution in [3.8, 4) is 0 Å². The SMILES string of the molecule is CC1CCCCN1C(=O)Cn1c(CNC(=O)c2ccccc2)nc2ccccc21. The predicted octanol–water partition coefficient (Wildman–Crippen LogP) is 3.37. The number of nitrogens with zero attached hydrogens (tertiary/aromatic N) is 3. The molecule has 1 aromatic heterocycles. The number of benzene rings is 2. The fourth-order valence-corrected chi connectivity index (χ4v) is 3.98. The van der Waals surface area contributed by atoms with Gasteiger partial charge in [0.15, 0.2) is 0 Å². The molecule has 150 valence electrons. The molecule has 1 atom stereocenters. The smallest absolute Gasteiger partial charge is 0.251 e. The van der Waals surface area contributed by atoms with Crippen LogP contribution < -0.4 is 5.32 Å². The fourth-order valence-electron chi connectivity index (χ4n) is 3.98. The minimum Gasteiger partial charge on any atom is -0.345 e. The summed E-state index contributed by atoms with van der Waals surface area (Å²) in [5.41, 5.74) is 2.35. The molecule has 2 amide bonds. The highest BCUT2D eigenvalue weighted by atomic mass is 16.2. The Kier molecular flexibility index (Phi) is 5.60. The zero-order valence-electron chi connectivity index (χ0n) is 16.7. The van der Waals surface area contributed by atoms with E-state index in [-0.39, 0.29) is 30.9 Å². The fraction of sp³-hybridized carbons (Fsp3) is 0.348. The second-order valence-corrected chi connectivity index (χ2v) is 7.58. The number of hydrogen-bond acceptors (Lipinski definition) is 3. The standard InChI is InChI=1S/C23H26N4O2/c1-17-9-7-8-14-26(17)22(28)16-27-20-13-6-5-12-19(20)25-21(27)15-24-23(29)18-10-3-2-4-11-18/h2-6,10-13,17H,7-9,14-16H2,1H3,(H,24,29). The monoisotopic (exact) mass is 390 g/mol. The highest BCUT2D eigenvalue weighted by Crippen LogP contribution is 2.20. The summed E-state index contributed by atoms with van der Waals surface area (Å²) in [5.74, 6) is 0.643. The molecule has 6 nitrogen and oxygen atoms in total. The van der Waals surface area contributed by atoms with Crippen LogP contribution in [0.25, 0.3) is 11.0 Å². The second-order valence-electron chi connectivity index (χ2n) is 7.58. The van der Waals surface area contributed by atoms with E-state index in [2.05, 4.69) is 17.2 Å². The first-order valence-corrected chi connectivity index (χ1v) is 10.2. The molecule has 0 radical (unpaired) electrons. The number of amides is 2. The molecule has 0 saturated carbocycles. The highest BCUT2D eigenvalue weighted by Gasteiger charge is 2.24. The summed E-state index contributed by atoms with van der Waals surface area (Å²) in [6.45, 7) is 3.43. The van der Waals surface area contributed by atoms with Gasteiger partial charge in [0.1, 0.15) is 12.4 Å². The molecule has 4 rings (SSSR count). The van der Waals surface area contributed by atoms with Crippen molar-refractivity contribution in [2.75, 3.05) is 6.54 Å². The number of imidazole rings is 1. The van der Waals surface area contributed by atoms with Crippen molar-refractivity contribution >= 4 is 22.8 Å². The van der Waals surface area contributed by atoms with Crippen LogP contribution in [-0.4, -0.2) is 38.9 Å². The summed E-state index contributed by atoms with van der Waals surface area (Å²) >= 11 is 0. The summed E-state index contributed by atoms with van der Waals surface area (Å²) in [6.07, 6.45) is 3.28. The van der Waals surface area contributed by atoms with Crippen LogP contribution in [0.5, 0.6) is 0 Å². The van der Waals surface area contributed by atoms with Gasteiger partial charge in [-0.15, -0.1) is 0 Å². The molecule has 1 saturated heterocycles.